The van der Waals surface area contributed by atoms with E-state index in [0.717, 1.165) is 24.3 Å². The molecule has 2 rings (SSSR count). The highest BCUT2D eigenvalue weighted by Crippen LogP contribution is 2.40. The van der Waals surface area contributed by atoms with Gasteiger partial charge in [-0.15, -0.1) is 0 Å². The standard InChI is InChI=1S/C11H22N2/c1-8-5-10(8)7-13(2)11(6-12)9-3-4-9/h8-11H,3-7,12H2,1-2H3. The van der Waals surface area contributed by atoms with Gasteiger partial charge in [0, 0.05) is 19.1 Å². The maximum Gasteiger partial charge on any atom is 0.0243 e. The fraction of sp³-hybridized carbons (Fsp3) is 1.00. The van der Waals surface area contributed by atoms with E-state index in [9.17, 15) is 0 Å². The molecule has 0 saturated heterocycles. The van der Waals surface area contributed by atoms with Gasteiger partial charge in [0.25, 0.3) is 0 Å². The molecule has 2 N–H and O–H groups in total. The van der Waals surface area contributed by atoms with E-state index in [1.807, 2.05) is 0 Å². The third-order valence-corrected chi connectivity index (χ3v) is 3.77. The third-order valence-electron chi connectivity index (χ3n) is 3.77. The minimum absolute atomic E-state index is 0.674. The number of nitrogens with zero attached hydrogens (tertiary/aromatic N) is 1. The van der Waals surface area contributed by atoms with Crippen LogP contribution in [0.4, 0.5) is 0 Å². The summed E-state index contributed by atoms with van der Waals surface area (Å²) < 4.78 is 0. The Morgan fingerprint density at radius 1 is 1.46 bits per heavy atom. The lowest BCUT2D eigenvalue weighted by Crippen LogP contribution is -2.40. The maximum absolute atomic E-state index is 5.80. The van der Waals surface area contributed by atoms with Gasteiger partial charge in [-0.3, -0.25) is 0 Å². The Morgan fingerprint density at radius 3 is 2.46 bits per heavy atom. The third kappa shape index (κ3) is 2.23. The highest BCUT2D eigenvalue weighted by atomic mass is 15.2. The molecule has 2 nitrogen and oxygen atoms in total. The Morgan fingerprint density at radius 2 is 2.08 bits per heavy atom. The maximum atomic E-state index is 5.80. The van der Waals surface area contributed by atoms with Gasteiger partial charge in [-0.2, -0.15) is 0 Å². The zero-order valence-electron chi connectivity index (χ0n) is 8.87. The smallest absolute Gasteiger partial charge is 0.0243 e. The molecule has 3 atom stereocenters. The molecule has 2 aliphatic carbocycles. The summed E-state index contributed by atoms with van der Waals surface area (Å²) in [5, 5.41) is 0. The van der Waals surface area contributed by atoms with Crippen molar-refractivity contribution in [2.75, 3.05) is 20.1 Å². The van der Waals surface area contributed by atoms with Gasteiger partial charge < -0.3 is 10.6 Å². The van der Waals surface area contributed by atoms with Crippen molar-refractivity contribution >= 4 is 0 Å². The quantitative estimate of drug-likeness (QED) is 0.694. The molecular weight excluding hydrogens is 160 g/mol. The van der Waals surface area contributed by atoms with E-state index in [1.54, 1.807) is 0 Å². The highest BCUT2D eigenvalue weighted by Gasteiger charge is 2.38. The van der Waals surface area contributed by atoms with Crippen molar-refractivity contribution < 1.29 is 0 Å². The first kappa shape index (κ1) is 9.47. The van der Waals surface area contributed by atoms with E-state index in [-0.39, 0.29) is 0 Å². The fourth-order valence-corrected chi connectivity index (χ4v) is 2.37. The van der Waals surface area contributed by atoms with Crippen LogP contribution < -0.4 is 5.73 Å². The lowest BCUT2D eigenvalue weighted by atomic mass is 10.1. The number of rotatable bonds is 5. The summed E-state index contributed by atoms with van der Waals surface area (Å²) in [5.74, 6) is 2.86. The van der Waals surface area contributed by atoms with Crippen molar-refractivity contribution in [2.45, 2.75) is 32.2 Å². The Hall–Kier alpha value is -0.0800. The Labute approximate surface area is 81.5 Å². The normalized spacial score (nSPS) is 35.1. The Kier molecular flexibility index (Phi) is 2.61. The van der Waals surface area contributed by atoms with Gasteiger partial charge in [-0.05, 0) is 44.1 Å². The van der Waals surface area contributed by atoms with E-state index in [0.29, 0.717) is 6.04 Å². The molecule has 0 bridgehead atoms. The molecule has 2 saturated carbocycles. The molecule has 3 unspecified atom stereocenters. The van der Waals surface area contributed by atoms with E-state index in [4.69, 9.17) is 5.73 Å². The summed E-state index contributed by atoms with van der Waals surface area (Å²) in [7, 11) is 2.25. The van der Waals surface area contributed by atoms with Crippen LogP contribution >= 0.6 is 0 Å². The van der Waals surface area contributed by atoms with Gasteiger partial charge >= 0.3 is 0 Å². The molecule has 0 heterocycles. The molecule has 2 heteroatoms. The lowest BCUT2D eigenvalue weighted by Gasteiger charge is -2.26. The first-order chi connectivity index (χ1) is 6.22. The van der Waals surface area contributed by atoms with E-state index in [1.165, 1.54) is 25.8 Å². The van der Waals surface area contributed by atoms with Crippen LogP contribution in [0, 0.1) is 17.8 Å². The van der Waals surface area contributed by atoms with Crippen LogP contribution in [0.3, 0.4) is 0 Å². The van der Waals surface area contributed by atoms with Crippen molar-refractivity contribution in [2.24, 2.45) is 23.5 Å². The second kappa shape index (κ2) is 3.58. The number of hydrogen-bond donors (Lipinski definition) is 1. The number of likely N-dealkylation sites (N-methyl/N-ethyl adjacent to an activating group) is 1. The van der Waals surface area contributed by atoms with Crippen molar-refractivity contribution in [3.63, 3.8) is 0 Å². The van der Waals surface area contributed by atoms with Gasteiger partial charge in [0.15, 0.2) is 0 Å². The largest absolute Gasteiger partial charge is 0.329 e. The van der Waals surface area contributed by atoms with Crippen LogP contribution in [-0.2, 0) is 0 Å². The van der Waals surface area contributed by atoms with Gasteiger partial charge in [-0.25, -0.2) is 0 Å². The predicted octanol–water partition coefficient (Wildman–Crippen LogP) is 1.31. The summed E-state index contributed by atoms with van der Waals surface area (Å²) in [5.41, 5.74) is 5.80. The van der Waals surface area contributed by atoms with Crippen molar-refractivity contribution in [1.29, 1.82) is 0 Å². The van der Waals surface area contributed by atoms with Gasteiger partial charge in [-0.1, -0.05) is 6.92 Å². The molecule has 13 heavy (non-hydrogen) atoms. The minimum Gasteiger partial charge on any atom is -0.329 e. The molecule has 0 aromatic carbocycles. The van der Waals surface area contributed by atoms with Crippen LogP contribution in [-0.4, -0.2) is 31.1 Å². The SMILES string of the molecule is CC1CC1CN(C)C(CN)C1CC1. The number of hydrogen-bond acceptors (Lipinski definition) is 2. The highest BCUT2D eigenvalue weighted by molar-refractivity contribution is 4.91. The minimum atomic E-state index is 0.674. The summed E-state index contributed by atoms with van der Waals surface area (Å²) >= 11 is 0. The summed E-state index contributed by atoms with van der Waals surface area (Å²) in [6, 6.07) is 0.674. The topological polar surface area (TPSA) is 29.3 Å². The van der Waals surface area contributed by atoms with Crippen LogP contribution in [0.25, 0.3) is 0 Å². The average molecular weight is 182 g/mol. The molecule has 0 amide bonds. The van der Waals surface area contributed by atoms with E-state index >= 15 is 0 Å². The van der Waals surface area contributed by atoms with Crippen molar-refractivity contribution in [3.8, 4) is 0 Å². The predicted molar refractivity (Wildman–Crippen MR) is 55.5 cm³/mol. The monoisotopic (exact) mass is 182 g/mol. The molecule has 0 aromatic rings. The Balaban J connectivity index is 1.76. The van der Waals surface area contributed by atoms with Crippen molar-refractivity contribution in [3.05, 3.63) is 0 Å². The Bertz CT molecular complexity index is 177. The molecule has 0 aliphatic heterocycles. The summed E-state index contributed by atoms with van der Waals surface area (Å²) in [6.45, 7) is 4.48. The second-order valence-corrected chi connectivity index (χ2v) is 5.05. The zero-order valence-corrected chi connectivity index (χ0v) is 8.87. The lowest BCUT2D eigenvalue weighted by molar-refractivity contribution is 0.212. The van der Waals surface area contributed by atoms with Gasteiger partial charge in [0.05, 0.1) is 0 Å². The molecule has 0 spiro atoms. The first-order valence-electron chi connectivity index (χ1n) is 5.62. The molecular formula is C11H22N2. The van der Waals surface area contributed by atoms with Crippen molar-refractivity contribution in [1.82, 2.24) is 4.90 Å². The van der Waals surface area contributed by atoms with Crippen LogP contribution in [0.1, 0.15) is 26.2 Å². The second-order valence-electron chi connectivity index (χ2n) is 5.05. The van der Waals surface area contributed by atoms with Crippen LogP contribution in [0.5, 0.6) is 0 Å². The van der Waals surface area contributed by atoms with Crippen LogP contribution in [0.15, 0.2) is 0 Å². The average Bonchev–Trinajstić information content (AvgIpc) is 2.93. The number of nitrogens with two attached hydrogens (primary N) is 1. The van der Waals surface area contributed by atoms with E-state index in [2.05, 4.69) is 18.9 Å². The van der Waals surface area contributed by atoms with Gasteiger partial charge in [0.2, 0.25) is 0 Å². The fourth-order valence-electron chi connectivity index (χ4n) is 2.37. The molecule has 76 valence electrons. The molecule has 2 aliphatic rings. The van der Waals surface area contributed by atoms with Gasteiger partial charge in [0.1, 0.15) is 0 Å². The molecule has 0 aromatic heterocycles. The molecule has 2 fully saturated rings. The van der Waals surface area contributed by atoms with E-state index < -0.39 is 0 Å². The van der Waals surface area contributed by atoms with Crippen LogP contribution in [0.2, 0.25) is 0 Å². The summed E-state index contributed by atoms with van der Waals surface area (Å²) in [6.07, 6.45) is 4.26. The summed E-state index contributed by atoms with van der Waals surface area (Å²) in [4.78, 5) is 2.51. The molecule has 0 radical (unpaired) electrons. The first-order valence-corrected chi connectivity index (χ1v) is 5.62. The zero-order chi connectivity index (χ0) is 9.42.